The van der Waals surface area contributed by atoms with Gasteiger partial charge in [0.05, 0.1) is 0 Å². The fraction of sp³-hybridized carbons (Fsp3) is 0.538. The lowest BCUT2D eigenvalue weighted by molar-refractivity contribution is 0.0975. The first-order valence-electron chi connectivity index (χ1n) is 6.16. The predicted octanol–water partition coefficient (Wildman–Crippen LogP) is 2.47. The van der Waals surface area contributed by atoms with Crippen molar-refractivity contribution in [3.05, 3.63) is 29.8 Å². The summed E-state index contributed by atoms with van der Waals surface area (Å²) in [5, 5.41) is 3.33. The number of nitrogens with one attached hydrogen (secondary N) is 1. The minimum absolute atomic E-state index is 0.377. The van der Waals surface area contributed by atoms with E-state index in [0.29, 0.717) is 17.6 Å². The van der Waals surface area contributed by atoms with Crippen LogP contribution in [0.5, 0.6) is 0 Å². The number of benzene rings is 1. The van der Waals surface area contributed by atoms with Gasteiger partial charge in [0.1, 0.15) is 0 Å². The van der Waals surface area contributed by atoms with Gasteiger partial charge in [0.2, 0.25) is 0 Å². The van der Waals surface area contributed by atoms with Gasteiger partial charge in [0, 0.05) is 24.3 Å². The summed E-state index contributed by atoms with van der Waals surface area (Å²) >= 11 is 0. The molecular weight excluding hydrogens is 222 g/mol. The van der Waals surface area contributed by atoms with Crippen LogP contribution in [0.2, 0.25) is 0 Å². The SMILES string of the molecule is Fc1ccc(NC2CN3CCC2CC3)cc1F. The van der Waals surface area contributed by atoms with Gasteiger partial charge in [-0.2, -0.15) is 0 Å². The van der Waals surface area contributed by atoms with E-state index in [1.54, 1.807) is 6.07 Å². The van der Waals surface area contributed by atoms with Gasteiger partial charge < -0.3 is 10.2 Å². The zero-order chi connectivity index (χ0) is 11.8. The third-order valence-electron chi connectivity index (χ3n) is 3.93. The fourth-order valence-corrected chi connectivity index (χ4v) is 2.93. The van der Waals surface area contributed by atoms with E-state index in [1.165, 1.54) is 38.1 Å². The molecule has 4 heteroatoms. The zero-order valence-corrected chi connectivity index (χ0v) is 9.63. The first kappa shape index (κ1) is 11.0. The average Bonchev–Trinajstić information content (AvgIpc) is 2.35. The number of hydrogen-bond acceptors (Lipinski definition) is 2. The Morgan fingerprint density at radius 2 is 1.88 bits per heavy atom. The van der Waals surface area contributed by atoms with Crippen molar-refractivity contribution >= 4 is 5.69 Å². The van der Waals surface area contributed by atoms with Gasteiger partial charge in [-0.25, -0.2) is 8.78 Å². The summed E-state index contributed by atoms with van der Waals surface area (Å²) in [6, 6.07) is 4.41. The number of fused-ring (bicyclic) bond motifs is 3. The summed E-state index contributed by atoms with van der Waals surface area (Å²) < 4.78 is 25.9. The topological polar surface area (TPSA) is 15.3 Å². The van der Waals surface area contributed by atoms with Crippen molar-refractivity contribution in [3.8, 4) is 0 Å². The molecule has 0 amide bonds. The molecule has 17 heavy (non-hydrogen) atoms. The molecule has 1 unspecified atom stereocenters. The maximum atomic E-state index is 13.1. The second kappa shape index (κ2) is 4.26. The summed E-state index contributed by atoms with van der Waals surface area (Å²) in [5.41, 5.74) is 0.683. The van der Waals surface area contributed by atoms with Gasteiger partial charge in [-0.05, 0) is 44.0 Å². The molecule has 1 aromatic carbocycles. The lowest BCUT2D eigenvalue weighted by Crippen LogP contribution is -2.53. The molecule has 0 aromatic heterocycles. The monoisotopic (exact) mass is 238 g/mol. The van der Waals surface area contributed by atoms with E-state index in [9.17, 15) is 8.78 Å². The highest BCUT2D eigenvalue weighted by Gasteiger charge is 2.33. The van der Waals surface area contributed by atoms with Gasteiger partial charge in [-0.3, -0.25) is 0 Å². The Morgan fingerprint density at radius 1 is 1.12 bits per heavy atom. The molecule has 0 spiro atoms. The highest BCUT2D eigenvalue weighted by molar-refractivity contribution is 5.44. The standard InChI is InChI=1S/C13H16F2N2/c14-11-2-1-10(7-12(11)15)16-13-8-17-5-3-9(13)4-6-17/h1-2,7,9,13,16H,3-6,8H2. The van der Waals surface area contributed by atoms with Crippen LogP contribution in [-0.2, 0) is 0 Å². The molecule has 2 bridgehead atoms. The van der Waals surface area contributed by atoms with Crippen LogP contribution < -0.4 is 5.32 Å². The van der Waals surface area contributed by atoms with Crippen LogP contribution in [0.15, 0.2) is 18.2 Å². The van der Waals surface area contributed by atoms with Crippen molar-refractivity contribution in [1.82, 2.24) is 4.90 Å². The third kappa shape index (κ3) is 2.14. The van der Waals surface area contributed by atoms with Crippen molar-refractivity contribution < 1.29 is 8.78 Å². The molecule has 1 aromatic rings. The van der Waals surface area contributed by atoms with E-state index >= 15 is 0 Å². The molecule has 0 saturated carbocycles. The maximum Gasteiger partial charge on any atom is 0.160 e. The molecule has 0 radical (unpaired) electrons. The smallest absolute Gasteiger partial charge is 0.160 e. The maximum absolute atomic E-state index is 13.1. The Balaban J connectivity index is 1.72. The molecule has 1 atom stereocenters. The molecule has 92 valence electrons. The van der Waals surface area contributed by atoms with Gasteiger partial charge in [0.15, 0.2) is 11.6 Å². The van der Waals surface area contributed by atoms with Crippen LogP contribution in [0.4, 0.5) is 14.5 Å². The summed E-state index contributed by atoms with van der Waals surface area (Å²) in [6.45, 7) is 3.38. The molecule has 4 rings (SSSR count). The van der Waals surface area contributed by atoms with Crippen molar-refractivity contribution in [3.63, 3.8) is 0 Å². The minimum atomic E-state index is -0.788. The molecule has 1 N–H and O–H groups in total. The lowest BCUT2D eigenvalue weighted by atomic mass is 9.84. The summed E-state index contributed by atoms with van der Waals surface area (Å²) in [6.07, 6.45) is 2.42. The zero-order valence-electron chi connectivity index (χ0n) is 9.63. The van der Waals surface area contributed by atoms with Crippen LogP contribution in [0.3, 0.4) is 0 Å². The van der Waals surface area contributed by atoms with Crippen LogP contribution in [0.25, 0.3) is 0 Å². The second-order valence-electron chi connectivity index (χ2n) is 5.02. The number of rotatable bonds is 2. The molecule has 2 nitrogen and oxygen atoms in total. The molecule has 3 saturated heterocycles. The molecule has 3 heterocycles. The fourth-order valence-electron chi connectivity index (χ4n) is 2.93. The van der Waals surface area contributed by atoms with E-state index in [-0.39, 0.29) is 0 Å². The van der Waals surface area contributed by atoms with Crippen LogP contribution in [0.1, 0.15) is 12.8 Å². The molecule has 3 aliphatic rings. The van der Waals surface area contributed by atoms with E-state index in [4.69, 9.17) is 0 Å². The summed E-state index contributed by atoms with van der Waals surface area (Å²) in [5.74, 6) is -0.895. The van der Waals surface area contributed by atoms with Gasteiger partial charge in [-0.1, -0.05) is 0 Å². The largest absolute Gasteiger partial charge is 0.381 e. The molecular formula is C13H16F2N2. The quantitative estimate of drug-likeness (QED) is 0.851. The first-order chi connectivity index (χ1) is 8.22. The van der Waals surface area contributed by atoms with Gasteiger partial charge >= 0.3 is 0 Å². The highest BCUT2D eigenvalue weighted by atomic mass is 19.2. The van der Waals surface area contributed by atoms with Crippen molar-refractivity contribution in [2.24, 2.45) is 5.92 Å². The first-order valence-corrected chi connectivity index (χ1v) is 6.16. The second-order valence-corrected chi connectivity index (χ2v) is 5.02. The molecule has 0 aliphatic carbocycles. The number of halogens is 2. The van der Waals surface area contributed by atoms with Crippen molar-refractivity contribution in [2.45, 2.75) is 18.9 Å². The van der Waals surface area contributed by atoms with Gasteiger partial charge in [0.25, 0.3) is 0 Å². The number of nitrogens with zero attached hydrogens (tertiary/aromatic N) is 1. The minimum Gasteiger partial charge on any atom is -0.381 e. The van der Waals surface area contributed by atoms with Crippen LogP contribution >= 0.6 is 0 Å². The summed E-state index contributed by atoms with van der Waals surface area (Å²) in [4.78, 5) is 2.43. The van der Waals surface area contributed by atoms with Crippen LogP contribution in [-0.4, -0.2) is 30.6 Å². The number of hydrogen-bond donors (Lipinski definition) is 1. The van der Waals surface area contributed by atoms with Gasteiger partial charge in [-0.15, -0.1) is 0 Å². The highest BCUT2D eigenvalue weighted by Crippen LogP contribution is 2.29. The molecule has 3 aliphatic heterocycles. The lowest BCUT2D eigenvalue weighted by Gasteiger charge is -2.45. The Labute approximate surface area is 99.6 Å². The van der Waals surface area contributed by atoms with E-state index in [1.807, 2.05) is 0 Å². The Morgan fingerprint density at radius 3 is 2.47 bits per heavy atom. The average molecular weight is 238 g/mol. The Hall–Kier alpha value is -1.16. The molecule has 3 fully saturated rings. The summed E-state index contributed by atoms with van der Waals surface area (Å²) in [7, 11) is 0. The number of anilines is 1. The van der Waals surface area contributed by atoms with Crippen LogP contribution in [0, 0.1) is 17.6 Å². The van der Waals surface area contributed by atoms with E-state index in [0.717, 1.165) is 6.54 Å². The Bertz CT molecular complexity index is 414. The third-order valence-corrected chi connectivity index (χ3v) is 3.93. The van der Waals surface area contributed by atoms with Crippen molar-refractivity contribution in [2.75, 3.05) is 25.0 Å². The predicted molar refractivity (Wildman–Crippen MR) is 62.9 cm³/mol. The normalized spacial score (nSPS) is 31.5. The number of piperidine rings is 3. The van der Waals surface area contributed by atoms with E-state index in [2.05, 4.69) is 10.2 Å². The Kier molecular flexibility index (Phi) is 2.74. The van der Waals surface area contributed by atoms with Crippen molar-refractivity contribution in [1.29, 1.82) is 0 Å². The van der Waals surface area contributed by atoms with E-state index < -0.39 is 11.6 Å².